The molecule has 0 aromatic rings. The van der Waals surface area contributed by atoms with Gasteiger partial charge in [0.2, 0.25) is 5.91 Å². The zero-order chi connectivity index (χ0) is 13.0. The van der Waals surface area contributed by atoms with Crippen molar-refractivity contribution in [2.24, 2.45) is 5.92 Å². The van der Waals surface area contributed by atoms with Crippen LogP contribution >= 0.6 is 0 Å². The molecule has 0 bridgehead atoms. The number of nitrogens with zero attached hydrogens (tertiary/aromatic N) is 1. The Balaban J connectivity index is 1.75. The third-order valence-electron chi connectivity index (χ3n) is 4.23. The van der Waals surface area contributed by atoms with E-state index >= 15 is 0 Å². The van der Waals surface area contributed by atoms with Gasteiger partial charge < -0.3 is 15.3 Å². The van der Waals surface area contributed by atoms with Gasteiger partial charge in [0.05, 0.1) is 12.1 Å². The van der Waals surface area contributed by atoms with Crippen molar-refractivity contribution in [2.75, 3.05) is 19.6 Å². The Labute approximate surface area is 110 Å². The van der Waals surface area contributed by atoms with Gasteiger partial charge in [-0.15, -0.1) is 0 Å². The van der Waals surface area contributed by atoms with Gasteiger partial charge in [0.25, 0.3) is 0 Å². The number of carbonyl (C=O) groups is 1. The van der Waals surface area contributed by atoms with Crippen LogP contribution in [0.25, 0.3) is 0 Å². The minimum Gasteiger partial charge on any atom is -0.393 e. The molecule has 104 valence electrons. The molecule has 0 aromatic heterocycles. The van der Waals surface area contributed by atoms with Crippen molar-refractivity contribution in [3.8, 4) is 0 Å². The number of aliphatic hydroxyl groups excluding tert-OH is 1. The summed E-state index contributed by atoms with van der Waals surface area (Å²) in [6.07, 6.45) is 5.87. The van der Waals surface area contributed by atoms with Crippen LogP contribution < -0.4 is 5.32 Å². The van der Waals surface area contributed by atoms with Gasteiger partial charge in [0.15, 0.2) is 0 Å². The first-order valence-corrected chi connectivity index (χ1v) is 7.41. The quantitative estimate of drug-likeness (QED) is 0.773. The average molecular weight is 254 g/mol. The summed E-state index contributed by atoms with van der Waals surface area (Å²) in [5.41, 5.74) is 0. The smallest absolute Gasteiger partial charge is 0.239 e. The van der Waals surface area contributed by atoms with E-state index in [9.17, 15) is 9.90 Å². The predicted octanol–water partition coefficient (Wildman–Crippen LogP) is 1.14. The zero-order valence-electron chi connectivity index (χ0n) is 11.4. The van der Waals surface area contributed by atoms with E-state index in [-0.39, 0.29) is 18.1 Å². The number of rotatable bonds is 5. The Morgan fingerprint density at radius 2 is 2.00 bits per heavy atom. The van der Waals surface area contributed by atoms with Crippen LogP contribution in [0.15, 0.2) is 0 Å². The summed E-state index contributed by atoms with van der Waals surface area (Å²) in [4.78, 5) is 14.2. The minimum atomic E-state index is -0.102. The molecule has 1 saturated heterocycles. The monoisotopic (exact) mass is 254 g/mol. The number of likely N-dealkylation sites (tertiary alicyclic amines) is 1. The van der Waals surface area contributed by atoms with E-state index in [4.69, 9.17) is 0 Å². The van der Waals surface area contributed by atoms with Gasteiger partial charge in [-0.2, -0.15) is 0 Å². The highest BCUT2D eigenvalue weighted by molar-refractivity contribution is 5.83. The predicted molar refractivity (Wildman–Crippen MR) is 71.2 cm³/mol. The van der Waals surface area contributed by atoms with Crippen LogP contribution in [0.1, 0.15) is 45.4 Å². The maximum Gasteiger partial charge on any atom is 0.239 e. The summed E-state index contributed by atoms with van der Waals surface area (Å²) < 4.78 is 0. The number of nitrogens with one attached hydrogen (secondary N) is 1. The van der Waals surface area contributed by atoms with E-state index in [2.05, 4.69) is 12.2 Å². The van der Waals surface area contributed by atoms with E-state index in [0.29, 0.717) is 5.92 Å². The Bertz CT molecular complexity index is 275. The summed E-state index contributed by atoms with van der Waals surface area (Å²) in [6, 6.07) is 0.0548. The number of hydrogen-bond acceptors (Lipinski definition) is 3. The molecule has 1 saturated carbocycles. The maximum atomic E-state index is 12.2. The fourth-order valence-electron chi connectivity index (χ4n) is 3.07. The second-order valence-electron chi connectivity index (χ2n) is 5.75. The van der Waals surface area contributed by atoms with Crippen molar-refractivity contribution < 1.29 is 9.90 Å². The number of aliphatic hydroxyl groups is 1. The largest absolute Gasteiger partial charge is 0.393 e. The fraction of sp³-hybridized carbons (Fsp3) is 0.929. The summed E-state index contributed by atoms with van der Waals surface area (Å²) >= 11 is 0. The summed E-state index contributed by atoms with van der Waals surface area (Å²) in [5, 5.41) is 12.8. The number of hydrogen-bond donors (Lipinski definition) is 2. The second-order valence-corrected chi connectivity index (χ2v) is 5.75. The van der Waals surface area contributed by atoms with E-state index in [1.54, 1.807) is 0 Å². The van der Waals surface area contributed by atoms with Crippen LogP contribution in [0, 0.1) is 5.92 Å². The maximum absolute atomic E-state index is 12.2. The molecule has 2 fully saturated rings. The van der Waals surface area contributed by atoms with E-state index in [1.165, 1.54) is 0 Å². The van der Waals surface area contributed by atoms with E-state index in [0.717, 1.165) is 58.2 Å². The van der Waals surface area contributed by atoms with Gasteiger partial charge in [0.1, 0.15) is 0 Å². The lowest BCUT2D eigenvalue weighted by Gasteiger charge is -2.29. The van der Waals surface area contributed by atoms with Gasteiger partial charge in [-0.05, 0) is 51.0 Å². The van der Waals surface area contributed by atoms with E-state index < -0.39 is 0 Å². The van der Waals surface area contributed by atoms with Crippen molar-refractivity contribution >= 4 is 5.91 Å². The van der Waals surface area contributed by atoms with Crippen LogP contribution in [-0.4, -0.2) is 47.7 Å². The first-order chi connectivity index (χ1) is 8.70. The van der Waals surface area contributed by atoms with Crippen LogP contribution in [0.2, 0.25) is 0 Å². The van der Waals surface area contributed by atoms with Gasteiger partial charge in [-0.3, -0.25) is 4.79 Å². The molecule has 1 amide bonds. The molecule has 1 heterocycles. The van der Waals surface area contributed by atoms with Gasteiger partial charge in [0, 0.05) is 13.1 Å². The molecule has 0 aromatic carbocycles. The molecular weight excluding hydrogens is 228 g/mol. The van der Waals surface area contributed by atoms with Crippen LogP contribution in [-0.2, 0) is 4.79 Å². The molecule has 0 spiro atoms. The first kappa shape index (κ1) is 13.8. The number of amides is 1. The molecule has 0 radical (unpaired) electrons. The molecular formula is C14H26N2O2. The lowest BCUT2D eigenvalue weighted by Crippen LogP contribution is -2.40. The van der Waals surface area contributed by atoms with Gasteiger partial charge in [-0.1, -0.05) is 6.92 Å². The van der Waals surface area contributed by atoms with Crippen LogP contribution in [0.3, 0.4) is 0 Å². The van der Waals surface area contributed by atoms with Crippen molar-refractivity contribution in [3.63, 3.8) is 0 Å². The Morgan fingerprint density at radius 3 is 2.67 bits per heavy atom. The molecule has 2 aliphatic rings. The van der Waals surface area contributed by atoms with Crippen molar-refractivity contribution in [1.29, 1.82) is 0 Å². The van der Waals surface area contributed by atoms with Gasteiger partial charge >= 0.3 is 0 Å². The van der Waals surface area contributed by atoms with Crippen molar-refractivity contribution in [3.05, 3.63) is 0 Å². The molecule has 2 rings (SSSR count). The molecule has 4 nitrogen and oxygen atoms in total. The molecule has 1 aliphatic heterocycles. The second kappa shape index (κ2) is 6.53. The lowest BCUT2D eigenvalue weighted by atomic mass is 9.87. The highest BCUT2D eigenvalue weighted by atomic mass is 16.3. The van der Waals surface area contributed by atoms with E-state index in [1.807, 2.05) is 4.90 Å². The SMILES string of the molecule is CCCNC1CCN(CC2CCC(O)CC2)C1=O. The summed E-state index contributed by atoms with van der Waals surface area (Å²) in [5.74, 6) is 0.886. The summed E-state index contributed by atoms with van der Waals surface area (Å²) in [6.45, 7) is 4.85. The normalized spacial score (nSPS) is 33.1. The number of carbonyl (C=O) groups excluding carboxylic acids is 1. The standard InChI is InChI=1S/C14H26N2O2/c1-2-8-15-13-7-9-16(14(13)18)10-11-3-5-12(17)6-4-11/h11-13,15,17H,2-10H2,1H3. The van der Waals surface area contributed by atoms with Crippen LogP contribution in [0.5, 0.6) is 0 Å². The van der Waals surface area contributed by atoms with Crippen LogP contribution in [0.4, 0.5) is 0 Å². The summed E-state index contributed by atoms with van der Waals surface area (Å²) in [7, 11) is 0. The zero-order valence-corrected chi connectivity index (χ0v) is 11.4. The highest BCUT2D eigenvalue weighted by Gasteiger charge is 2.32. The lowest BCUT2D eigenvalue weighted by molar-refractivity contribution is -0.130. The highest BCUT2D eigenvalue weighted by Crippen LogP contribution is 2.26. The molecule has 1 aliphatic carbocycles. The first-order valence-electron chi connectivity index (χ1n) is 7.41. The molecule has 18 heavy (non-hydrogen) atoms. The topological polar surface area (TPSA) is 52.6 Å². The van der Waals surface area contributed by atoms with Gasteiger partial charge in [-0.25, -0.2) is 0 Å². The average Bonchev–Trinajstić information content (AvgIpc) is 2.71. The third-order valence-corrected chi connectivity index (χ3v) is 4.23. The minimum absolute atomic E-state index is 0.0548. The Hall–Kier alpha value is -0.610. The third kappa shape index (κ3) is 3.45. The Kier molecular flexibility index (Phi) is 5.01. The molecule has 2 N–H and O–H groups in total. The molecule has 4 heteroatoms. The van der Waals surface area contributed by atoms with Crippen molar-refractivity contribution in [2.45, 2.75) is 57.6 Å². The van der Waals surface area contributed by atoms with Crippen molar-refractivity contribution in [1.82, 2.24) is 10.2 Å². The Morgan fingerprint density at radius 1 is 1.28 bits per heavy atom. The fourth-order valence-corrected chi connectivity index (χ4v) is 3.07. The molecule has 1 atom stereocenters. The molecule has 1 unspecified atom stereocenters.